The summed E-state index contributed by atoms with van der Waals surface area (Å²) in [5.41, 5.74) is 3.71. The van der Waals surface area contributed by atoms with Crippen molar-refractivity contribution in [1.29, 1.82) is 0 Å². The molecule has 6 nitrogen and oxygen atoms in total. The quantitative estimate of drug-likeness (QED) is 0.484. The number of ether oxygens (including phenoxy) is 3. The maximum absolute atomic E-state index is 13.3. The molecular weight excluding hydrogens is 420 g/mol. The summed E-state index contributed by atoms with van der Waals surface area (Å²) in [5.74, 6) is 1.02. The minimum absolute atomic E-state index is 0.0140. The number of allylic oxidation sites excluding steroid dienone is 3. The summed E-state index contributed by atoms with van der Waals surface area (Å²) in [7, 11) is 2.96. The number of ketones is 1. The lowest BCUT2D eigenvalue weighted by Crippen LogP contribution is -2.23. The van der Waals surface area contributed by atoms with Crippen LogP contribution in [0.4, 0.5) is 0 Å². The number of hydrogen-bond donors (Lipinski definition) is 2. The zero-order valence-electron chi connectivity index (χ0n) is 19.9. The van der Waals surface area contributed by atoms with Gasteiger partial charge in [-0.05, 0) is 51.7 Å². The molecule has 1 aliphatic rings. The fourth-order valence-corrected chi connectivity index (χ4v) is 4.09. The van der Waals surface area contributed by atoms with Crippen LogP contribution in [0.3, 0.4) is 0 Å². The van der Waals surface area contributed by atoms with Gasteiger partial charge in [0.2, 0.25) is 0 Å². The first-order valence-corrected chi connectivity index (χ1v) is 10.9. The molecule has 2 aromatic rings. The topological polar surface area (TPSA) is 85.2 Å². The van der Waals surface area contributed by atoms with E-state index in [-0.39, 0.29) is 35.4 Å². The Morgan fingerprint density at radius 3 is 2.48 bits per heavy atom. The van der Waals surface area contributed by atoms with Crippen LogP contribution >= 0.6 is 0 Å². The molecule has 0 amide bonds. The van der Waals surface area contributed by atoms with E-state index in [0.29, 0.717) is 34.6 Å². The minimum atomic E-state index is -0.633. The molecule has 1 heterocycles. The van der Waals surface area contributed by atoms with Crippen molar-refractivity contribution >= 4 is 5.78 Å². The molecule has 0 saturated heterocycles. The monoisotopic (exact) mass is 452 g/mol. The SMILES string of the molecule is C=C(C)C(CC=C(C)C)Cc1c(O)cc(OC)c2c1O[C@H](c1ccc(O)cc1OC)CC2=O. The van der Waals surface area contributed by atoms with Crippen molar-refractivity contribution in [2.75, 3.05) is 14.2 Å². The minimum Gasteiger partial charge on any atom is -0.508 e. The number of phenolic OH excluding ortho intramolecular Hbond substituents is 2. The van der Waals surface area contributed by atoms with Gasteiger partial charge in [0, 0.05) is 23.3 Å². The molecule has 1 aliphatic heterocycles. The number of carbonyl (C=O) groups excluding carboxylic acids is 1. The molecule has 0 radical (unpaired) electrons. The van der Waals surface area contributed by atoms with Crippen LogP contribution < -0.4 is 14.2 Å². The second kappa shape index (κ2) is 10.0. The normalized spacial score (nSPS) is 15.8. The third-order valence-electron chi connectivity index (χ3n) is 5.98. The van der Waals surface area contributed by atoms with Crippen LogP contribution in [0.25, 0.3) is 0 Å². The van der Waals surface area contributed by atoms with Crippen LogP contribution in [0.15, 0.2) is 48.1 Å². The van der Waals surface area contributed by atoms with Crippen molar-refractivity contribution in [2.24, 2.45) is 5.92 Å². The van der Waals surface area contributed by atoms with E-state index in [4.69, 9.17) is 14.2 Å². The molecule has 2 N–H and O–H groups in total. The third-order valence-corrected chi connectivity index (χ3v) is 5.98. The second-order valence-electron chi connectivity index (χ2n) is 8.71. The van der Waals surface area contributed by atoms with Crippen LogP contribution in [-0.4, -0.2) is 30.2 Å². The lowest BCUT2D eigenvalue weighted by molar-refractivity contribution is 0.0838. The molecule has 0 bridgehead atoms. The number of rotatable bonds is 8. The fraction of sp³-hybridized carbons (Fsp3) is 0.370. The molecule has 2 aromatic carbocycles. The van der Waals surface area contributed by atoms with E-state index < -0.39 is 6.10 Å². The first kappa shape index (κ1) is 24.2. The van der Waals surface area contributed by atoms with Crippen LogP contribution in [0.1, 0.15) is 61.2 Å². The maximum atomic E-state index is 13.3. The van der Waals surface area contributed by atoms with E-state index in [1.54, 1.807) is 6.07 Å². The van der Waals surface area contributed by atoms with Crippen LogP contribution in [0.2, 0.25) is 0 Å². The average molecular weight is 453 g/mol. The number of hydrogen-bond acceptors (Lipinski definition) is 6. The van der Waals surface area contributed by atoms with E-state index in [1.165, 1.54) is 38.0 Å². The smallest absolute Gasteiger partial charge is 0.174 e. The second-order valence-corrected chi connectivity index (χ2v) is 8.71. The van der Waals surface area contributed by atoms with E-state index in [0.717, 1.165) is 12.0 Å². The molecule has 2 atom stereocenters. The molecule has 0 saturated carbocycles. The Morgan fingerprint density at radius 2 is 1.88 bits per heavy atom. The van der Waals surface area contributed by atoms with Gasteiger partial charge in [-0.1, -0.05) is 23.8 Å². The zero-order valence-corrected chi connectivity index (χ0v) is 19.9. The van der Waals surface area contributed by atoms with E-state index in [9.17, 15) is 15.0 Å². The van der Waals surface area contributed by atoms with Crippen LogP contribution in [-0.2, 0) is 6.42 Å². The fourth-order valence-electron chi connectivity index (χ4n) is 4.09. The first-order chi connectivity index (χ1) is 15.7. The molecule has 0 fully saturated rings. The highest BCUT2D eigenvalue weighted by Gasteiger charge is 2.35. The number of methoxy groups -OCH3 is 2. The highest BCUT2D eigenvalue weighted by atomic mass is 16.5. The lowest BCUT2D eigenvalue weighted by Gasteiger charge is -2.30. The Labute approximate surface area is 195 Å². The van der Waals surface area contributed by atoms with Crippen molar-refractivity contribution in [3.63, 3.8) is 0 Å². The molecule has 176 valence electrons. The number of Topliss-reactive ketones (excluding diaryl/α,β-unsaturated/α-hetero) is 1. The van der Waals surface area contributed by atoms with Gasteiger partial charge < -0.3 is 24.4 Å². The number of fused-ring (bicyclic) bond motifs is 1. The Hall–Kier alpha value is -3.41. The molecule has 3 rings (SSSR count). The molecular formula is C27H32O6. The van der Waals surface area contributed by atoms with Gasteiger partial charge in [-0.3, -0.25) is 4.79 Å². The predicted molar refractivity (Wildman–Crippen MR) is 128 cm³/mol. The van der Waals surface area contributed by atoms with Gasteiger partial charge in [-0.25, -0.2) is 0 Å². The number of phenols is 2. The van der Waals surface area contributed by atoms with Crippen molar-refractivity contribution in [2.45, 2.75) is 46.1 Å². The summed E-state index contributed by atoms with van der Waals surface area (Å²) >= 11 is 0. The number of aromatic hydroxyl groups is 2. The van der Waals surface area contributed by atoms with Crippen molar-refractivity contribution in [3.05, 3.63) is 64.8 Å². The van der Waals surface area contributed by atoms with Crippen LogP contribution in [0.5, 0.6) is 28.7 Å². The molecule has 6 heteroatoms. The highest BCUT2D eigenvalue weighted by Crippen LogP contribution is 2.48. The van der Waals surface area contributed by atoms with Crippen molar-refractivity contribution in [3.8, 4) is 28.7 Å². The number of benzene rings is 2. The Kier molecular flexibility index (Phi) is 7.36. The van der Waals surface area contributed by atoms with Gasteiger partial charge in [0.25, 0.3) is 0 Å². The Morgan fingerprint density at radius 1 is 1.18 bits per heavy atom. The van der Waals surface area contributed by atoms with Crippen molar-refractivity contribution < 1.29 is 29.2 Å². The highest BCUT2D eigenvalue weighted by molar-refractivity contribution is 6.03. The zero-order chi connectivity index (χ0) is 24.3. The van der Waals surface area contributed by atoms with E-state index in [2.05, 4.69) is 12.7 Å². The van der Waals surface area contributed by atoms with Crippen LogP contribution in [0, 0.1) is 5.92 Å². The van der Waals surface area contributed by atoms with Gasteiger partial charge in [-0.2, -0.15) is 0 Å². The van der Waals surface area contributed by atoms with Gasteiger partial charge in [-0.15, -0.1) is 0 Å². The predicted octanol–water partition coefficient (Wildman–Crippen LogP) is 5.91. The summed E-state index contributed by atoms with van der Waals surface area (Å²) in [5, 5.41) is 20.7. The molecule has 1 unspecified atom stereocenters. The Bertz CT molecular complexity index is 1090. The maximum Gasteiger partial charge on any atom is 0.174 e. The summed E-state index contributed by atoms with van der Waals surface area (Å²) < 4.78 is 17.2. The first-order valence-electron chi connectivity index (χ1n) is 10.9. The summed E-state index contributed by atoms with van der Waals surface area (Å²) in [6.45, 7) is 10.2. The molecule has 0 spiro atoms. The largest absolute Gasteiger partial charge is 0.508 e. The van der Waals surface area contributed by atoms with Crippen molar-refractivity contribution in [1.82, 2.24) is 0 Å². The van der Waals surface area contributed by atoms with E-state index >= 15 is 0 Å². The molecule has 33 heavy (non-hydrogen) atoms. The standard InChI is InChI=1S/C27H32O6/c1-15(2)7-8-17(16(3)4)11-20-21(29)13-25(32-6)26-22(30)14-24(33-27(20)26)19-10-9-18(28)12-23(19)31-5/h7,9-10,12-13,17,24,28-29H,3,8,11,14H2,1-2,4-6H3/t17?,24-/m0/s1. The lowest BCUT2D eigenvalue weighted by atomic mass is 9.86. The van der Waals surface area contributed by atoms with Gasteiger partial charge in [0.1, 0.15) is 40.4 Å². The van der Waals surface area contributed by atoms with E-state index in [1.807, 2.05) is 20.8 Å². The number of carbonyl (C=O) groups is 1. The summed E-state index contributed by atoms with van der Waals surface area (Å²) in [6.07, 6.45) is 2.82. The van der Waals surface area contributed by atoms with Gasteiger partial charge >= 0.3 is 0 Å². The Balaban J connectivity index is 2.10. The summed E-state index contributed by atoms with van der Waals surface area (Å²) in [6, 6.07) is 6.18. The molecule has 0 aromatic heterocycles. The van der Waals surface area contributed by atoms with Gasteiger partial charge in [0.15, 0.2) is 5.78 Å². The third kappa shape index (κ3) is 5.16. The van der Waals surface area contributed by atoms with Gasteiger partial charge in [0.05, 0.1) is 20.6 Å². The summed E-state index contributed by atoms with van der Waals surface area (Å²) in [4.78, 5) is 13.3. The average Bonchev–Trinajstić information content (AvgIpc) is 2.76. The molecule has 0 aliphatic carbocycles.